The molecule has 1 unspecified atom stereocenters. The van der Waals surface area contributed by atoms with Gasteiger partial charge in [0.1, 0.15) is 0 Å². The Kier molecular flexibility index (Phi) is 5.28. The fourth-order valence-corrected chi connectivity index (χ4v) is 7.55. The fourth-order valence-electron chi connectivity index (χ4n) is 3.65. The quantitative estimate of drug-likeness (QED) is 0.665. The van der Waals surface area contributed by atoms with E-state index in [1.807, 2.05) is 18.2 Å². The molecule has 1 heterocycles. The van der Waals surface area contributed by atoms with Crippen molar-refractivity contribution >= 4 is 45.0 Å². The second kappa shape index (κ2) is 7.36. The van der Waals surface area contributed by atoms with Crippen molar-refractivity contribution in [2.45, 2.75) is 36.0 Å². The number of thioether (sulfide) groups is 1. The Hall–Kier alpha value is -0.720. The Labute approximate surface area is 168 Å². The van der Waals surface area contributed by atoms with E-state index in [1.54, 1.807) is 34.3 Å². The van der Waals surface area contributed by atoms with Crippen LogP contribution in [-0.4, -0.2) is 25.0 Å². The number of aryl methyl sites for hydroxylation is 2. The van der Waals surface area contributed by atoms with Gasteiger partial charge in [-0.3, -0.25) is 0 Å². The lowest BCUT2D eigenvalue weighted by Gasteiger charge is -2.25. The molecule has 0 spiro atoms. The minimum Gasteiger partial charge on any atom is -0.207 e. The first-order chi connectivity index (χ1) is 12.5. The van der Waals surface area contributed by atoms with E-state index in [0.29, 0.717) is 21.5 Å². The molecule has 2 aromatic carbocycles. The first-order valence-electron chi connectivity index (χ1n) is 8.67. The third-order valence-corrected chi connectivity index (χ3v) is 8.80. The van der Waals surface area contributed by atoms with E-state index >= 15 is 0 Å². The van der Waals surface area contributed by atoms with Crippen LogP contribution in [0.15, 0.2) is 41.3 Å². The average molecular weight is 428 g/mol. The molecule has 1 atom stereocenters. The summed E-state index contributed by atoms with van der Waals surface area (Å²) in [6.07, 6.45) is 4.30. The zero-order valence-corrected chi connectivity index (χ0v) is 17.3. The molecule has 1 fully saturated rings. The highest BCUT2D eigenvalue weighted by Gasteiger charge is 2.38. The molecular formula is C19H19Cl2NO2S2. The van der Waals surface area contributed by atoms with Gasteiger partial charge < -0.3 is 0 Å². The molecule has 3 nitrogen and oxygen atoms in total. The van der Waals surface area contributed by atoms with Crippen LogP contribution in [0.5, 0.6) is 0 Å². The predicted molar refractivity (Wildman–Crippen MR) is 109 cm³/mol. The van der Waals surface area contributed by atoms with Gasteiger partial charge >= 0.3 is 0 Å². The fraction of sp³-hybridized carbons (Fsp3) is 0.368. The first kappa shape index (κ1) is 18.6. The Morgan fingerprint density at radius 3 is 2.54 bits per heavy atom. The zero-order chi connectivity index (χ0) is 18.3. The number of sulfonamides is 1. The molecule has 0 bridgehead atoms. The van der Waals surface area contributed by atoms with Crippen LogP contribution in [0.1, 0.15) is 34.9 Å². The van der Waals surface area contributed by atoms with Crippen LogP contribution in [0.25, 0.3) is 0 Å². The van der Waals surface area contributed by atoms with Crippen LogP contribution in [0.2, 0.25) is 10.0 Å². The minimum absolute atomic E-state index is 0.319. The van der Waals surface area contributed by atoms with E-state index in [0.717, 1.165) is 30.6 Å². The van der Waals surface area contributed by atoms with E-state index < -0.39 is 10.0 Å². The van der Waals surface area contributed by atoms with Gasteiger partial charge in [-0.05, 0) is 66.6 Å². The van der Waals surface area contributed by atoms with Gasteiger partial charge in [0.25, 0.3) is 0 Å². The predicted octanol–water partition coefficient (Wildman–Crippen LogP) is 5.31. The summed E-state index contributed by atoms with van der Waals surface area (Å²) >= 11 is 13.9. The van der Waals surface area contributed by atoms with Gasteiger partial charge in [0, 0.05) is 22.3 Å². The van der Waals surface area contributed by atoms with Gasteiger partial charge in [-0.15, -0.1) is 11.8 Å². The summed E-state index contributed by atoms with van der Waals surface area (Å²) in [6.45, 7) is 0.480. The Balaban J connectivity index is 1.70. The van der Waals surface area contributed by atoms with Crippen LogP contribution >= 0.6 is 35.0 Å². The van der Waals surface area contributed by atoms with E-state index in [4.69, 9.17) is 23.2 Å². The highest BCUT2D eigenvalue weighted by atomic mass is 35.5. The second-order valence-electron chi connectivity index (χ2n) is 6.64. The van der Waals surface area contributed by atoms with Gasteiger partial charge in [-0.25, -0.2) is 8.42 Å². The molecule has 2 aliphatic rings. The van der Waals surface area contributed by atoms with Crippen molar-refractivity contribution in [2.75, 3.05) is 12.3 Å². The van der Waals surface area contributed by atoms with Crippen molar-refractivity contribution in [1.82, 2.24) is 4.31 Å². The molecule has 7 heteroatoms. The van der Waals surface area contributed by atoms with Gasteiger partial charge in [0.15, 0.2) is 0 Å². The smallest absolute Gasteiger partial charge is 0.207 e. The summed E-state index contributed by atoms with van der Waals surface area (Å²) in [6, 6.07) is 10.8. The number of halogens is 2. The molecule has 0 N–H and O–H groups in total. The summed E-state index contributed by atoms with van der Waals surface area (Å²) in [7, 11) is -3.58. The molecule has 0 radical (unpaired) electrons. The van der Waals surface area contributed by atoms with Crippen molar-refractivity contribution in [3.8, 4) is 0 Å². The molecule has 4 rings (SSSR count). The van der Waals surface area contributed by atoms with Crippen molar-refractivity contribution < 1.29 is 8.42 Å². The standard InChI is InChI=1S/C19H19Cl2NO2S2/c20-15-6-8-17(18(21)12-15)19-22(9-10-25-19)26(23,24)16-7-5-13-3-1-2-4-14(13)11-16/h5-8,11-12,19H,1-4,9-10H2. The van der Waals surface area contributed by atoms with Gasteiger partial charge in [-0.1, -0.05) is 35.3 Å². The van der Waals surface area contributed by atoms with Crippen molar-refractivity contribution in [2.24, 2.45) is 0 Å². The van der Waals surface area contributed by atoms with Gasteiger partial charge in [-0.2, -0.15) is 4.31 Å². The Bertz CT molecular complexity index is 947. The number of nitrogens with zero attached hydrogens (tertiary/aromatic N) is 1. The summed E-state index contributed by atoms with van der Waals surface area (Å²) in [5.41, 5.74) is 3.24. The lowest BCUT2D eigenvalue weighted by Crippen LogP contribution is -2.30. The molecule has 138 valence electrons. The van der Waals surface area contributed by atoms with E-state index in [-0.39, 0.29) is 5.37 Å². The van der Waals surface area contributed by atoms with E-state index in [2.05, 4.69) is 0 Å². The maximum atomic E-state index is 13.3. The van der Waals surface area contributed by atoms with Crippen LogP contribution in [0.3, 0.4) is 0 Å². The normalized spacial score (nSPS) is 20.9. The Morgan fingerprint density at radius 1 is 1.00 bits per heavy atom. The summed E-state index contributed by atoms with van der Waals surface area (Å²) in [4.78, 5) is 0.385. The highest BCUT2D eigenvalue weighted by molar-refractivity contribution is 8.01. The first-order valence-corrected chi connectivity index (χ1v) is 11.9. The molecule has 1 saturated heterocycles. The summed E-state index contributed by atoms with van der Waals surface area (Å²) in [5, 5.41) is 0.731. The molecule has 0 amide bonds. The van der Waals surface area contributed by atoms with Crippen molar-refractivity contribution in [3.63, 3.8) is 0 Å². The van der Waals surface area contributed by atoms with E-state index in [1.165, 1.54) is 17.5 Å². The lowest BCUT2D eigenvalue weighted by atomic mass is 9.92. The minimum atomic E-state index is -3.58. The largest absolute Gasteiger partial charge is 0.244 e. The van der Waals surface area contributed by atoms with Crippen LogP contribution in [0, 0.1) is 0 Å². The maximum Gasteiger partial charge on any atom is 0.244 e. The monoisotopic (exact) mass is 427 g/mol. The molecule has 0 aromatic heterocycles. The molecule has 0 saturated carbocycles. The number of hydrogen-bond donors (Lipinski definition) is 0. The van der Waals surface area contributed by atoms with Crippen LogP contribution in [0.4, 0.5) is 0 Å². The number of rotatable bonds is 3. The topological polar surface area (TPSA) is 37.4 Å². The maximum absolute atomic E-state index is 13.3. The summed E-state index contributed by atoms with van der Waals surface area (Å²) < 4.78 is 28.2. The van der Waals surface area contributed by atoms with E-state index in [9.17, 15) is 8.42 Å². The number of fused-ring (bicyclic) bond motifs is 1. The highest BCUT2D eigenvalue weighted by Crippen LogP contribution is 2.44. The third kappa shape index (κ3) is 3.40. The SMILES string of the molecule is O=S(=O)(c1ccc2c(c1)CCCC2)N1CCSC1c1ccc(Cl)cc1Cl. The molecule has 1 aliphatic carbocycles. The lowest BCUT2D eigenvalue weighted by molar-refractivity contribution is 0.434. The number of hydrogen-bond acceptors (Lipinski definition) is 3. The third-order valence-electron chi connectivity index (χ3n) is 5.00. The molecule has 1 aliphatic heterocycles. The van der Waals surface area contributed by atoms with Gasteiger partial charge in [0.2, 0.25) is 10.0 Å². The second-order valence-corrected chi connectivity index (χ2v) is 10.6. The van der Waals surface area contributed by atoms with Crippen LogP contribution < -0.4 is 0 Å². The molecule has 2 aromatic rings. The zero-order valence-electron chi connectivity index (χ0n) is 14.1. The van der Waals surface area contributed by atoms with Crippen molar-refractivity contribution in [3.05, 3.63) is 63.1 Å². The Morgan fingerprint density at radius 2 is 1.77 bits per heavy atom. The number of benzene rings is 2. The van der Waals surface area contributed by atoms with Gasteiger partial charge in [0.05, 0.1) is 10.3 Å². The molecular weight excluding hydrogens is 409 g/mol. The van der Waals surface area contributed by atoms with Crippen LogP contribution in [-0.2, 0) is 22.9 Å². The molecule has 26 heavy (non-hydrogen) atoms. The van der Waals surface area contributed by atoms with Crippen molar-refractivity contribution in [1.29, 1.82) is 0 Å². The average Bonchev–Trinajstić information content (AvgIpc) is 3.11. The summed E-state index contributed by atoms with van der Waals surface area (Å²) in [5.74, 6) is 0.744.